The quantitative estimate of drug-likeness (QED) is 0.687. The van der Waals surface area contributed by atoms with Crippen LogP contribution in [0.3, 0.4) is 0 Å². The molecule has 0 atom stereocenters. The molecule has 0 unspecified atom stereocenters. The predicted octanol–water partition coefficient (Wildman–Crippen LogP) is 3.14. The third kappa shape index (κ3) is 3.31. The molecule has 88 valence electrons. The van der Waals surface area contributed by atoms with Crippen LogP contribution in [0, 0.1) is 5.82 Å². The van der Waals surface area contributed by atoms with Gasteiger partial charge in [0, 0.05) is 16.3 Å². The predicted molar refractivity (Wildman–Crippen MR) is 67.4 cm³/mol. The zero-order valence-corrected chi connectivity index (χ0v) is 10.3. The van der Waals surface area contributed by atoms with Crippen LogP contribution in [0.2, 0.25) is 5.15 Å². The van der Waals surface area contributed by atoms with Gasteiger partial charge in [0.15, 0.2) is 0 Å². The third-order valence-electron chi connectivity index (χ3n) is 2.02. The molecule has 0 radical (unpaired) electrons. The molecule has 1 aromatic heterocycles. The van der Waals surface area contributed by atoms with Crippen molar-refractivity contribution in [2.75, 3.05) is 5.73 Å². The average molecular weight is 270 g/mol. The Morgan fingerprint density at radius 2 is 2.12 bits per heavy atom. The summed E-state index contributed by atoms with van der Waals surface area (Å²) in [6.45, 7) is 0. The highest BCUT2D eigenvalue weighted by Gasteiger charge is 2.03. The topological polar surface area (TPSA) is 51.8 Å². The lowest BCUT2D eigenvalue weighted by Gasteiger charge is -2.04. The van der Waals surface area contributed by atoms with Crippen molar-refractivity contribution in [2.24, 2.45) is 0 Å². The molecular weight excluding hydrogens is 261 g/mol. The molecule has 2 rings (SSSR count). The number of thioether (sulfide) groups is 1. The Kier molecular flexibility index (Phi) is 3.81. The fourth-order valence-corrected chi connectivity index (χ4v) is 2.16. The van der Waals surface area contributed by atoms with Gasteiger partial charge in [0.05, 0.1) is 18.1 Å². The second-order valence-corrected chi connectivity index (χ2v) is 4.71. The van der Waals surface area contributed by atoms with Crippen molar-refractivity contribution in [1.29, 1.82) is 0 Å². The molecule has 0 spiro atoms. The van der Waals surface area contributed by atoms with E-state index in [1.54, 1.807) is 12.3 Å². The van der Waals surface area contributed by atoms with Crippen molar-refractivity contribution in [2.45, 2.75) is 10.6 Å². The molecule has 1 aromatic carbocycles. The minimum Gasteiger partial charge on any atom is -0.398 e. The monoisotopic (exact) mass is 269 g/mol. The van der Waals surface area contributed by atoms with E-state index in [-0.39, 0.29) is 5.82 Å². The van der Waals surface area contributed by atoms with Crippen LogP contribution in [0.4, 0.5) is 10.1 Å². The zero-order valence-electron chi connectivity index (χ0n) is 8.73. The zero-order chi connectivity index (χ0) is 12.3. The van der Waals surface area contributed by atoms with E-state index in [0.717, 1.165) is 10.6 Å². The first-order valence-electron chi connectivity index (χ1n) is 4.79. The molecule has 0 amide bonds. The Morgan fingerprint density at radius 3 is 2.76 bits per heavy atom. The molecule has 0 aliphatic rings. The van der Waals surface area contributed by atoms with Crippen LogP contribution in [0.15, 0.2) is 35.5 Å². The number of benzene rings is 1. The van der Waals surface area contributed by atoms with E-state index in [1.165, 1.54) is 30.1 Å². The summed E-state index contributed by atoms with van der Waals surface area (Å²) in [7, 11) is 0. The molecule has 0 aliphatic heterocycles. The first-order valence-corrected chi connectivity index (χ1v) is 6.16. The van der Waals surface area contributed by atoms with Crippen LogP contribution in [0.1, 0.15) is 5.69 Å². The summed E-state index contributed by atoms with van der Waals surface area (Å²) in [5.41, 5.74) is 6.91. The molecule has 0 fully saturated rings. The first kappa shape index (κ1) is 12.1. The number of aromatic nitrogens is 2. The fourth-order valence-electron chi connectivity index (χ4n) is 1.22. The molecular formula is C11H9ClFN3S. The highest BCUT2D eigenvalue weighted by atomic mass is 35.5. The van der Waals surface area contributed by atoms with Gasteiger partial charge in [-0.1, -0.05) is 11.6 Å². The van der Waals surface area contributed by atoms with E-state index in [4.69, 9.17) is 17.3 Å². The van der Waals surface area contributed by atoms with Gasteiger partial charge in [0.2, 0.25) is 0 Å². The average Bonchev–Trinajstić information content (AvgIpc) is 2.30. The van der Waals surface area contributed by atoms with Crippen molar-refractivity contribution < 1.29 is 4.39 Å². The SMILES string of the molecule is Nc1cc(F)ccc1SCc1cnc(Cl)cn1. The lowest BCUT2D eigenvalue weighted by atomic mass is 10.3. The number of nitrogens with two attached hydrogens (primary N) is 1. The smallest absolute Gasteiger partial charge is 0.147 e. The Hall–Kier alpha value is -1.33. The van der Waals surface area contributed by atoms with E-state index in [0.29, 0.717) is 16.6 Å². The van der Waals surface area contributed by atoms with Gasteiger partial charge in [-0.15, -0.1) is 11.8 Å². The highest BCUT2D eigenvalue weighted by Crippen LogP contribution is 2.27. The van der Waals surface area contributed by atoms with Gasteiger partial charge >= 0.3 is 0 Å². The van der Waals surface area contributed by atoms with Gasteiger partial charge < -0.3 is 5.73 Å². The van der Waals surface area contributed by atoms with E-state index in [9.17, 15) is 4.39 Å². The number of anilines is 1. The molecule has 0 saturated heterocycles. The molecule has 0 bridgehead atoms. The molecule has 2 N–H and O–H groups in total. The van der Waals surface area contributed by atoms with Gasteiger partial charge in [-0.25, -0.2) is 9.37 Å². The Morgan fingerprint density at radius 1 is 1.29 bits per heavy atom. The molecule has 0 aliphatic carbocycles. The van der Waals surface area contributed by atoms with Crippen LogP contribution in [-0.2, 0) is 5.75 Å². The normalized spacial score (nSPS) is 10.5. The van der Waals surface area contributed by atoms with Crippen LogP contribution < -0.4 is 5.73 Å². The maximum Gasteiger partial charge on any atom is 0.147 e. The molecule has 1 heterocycles. The second-order valence-electron chi connectivity index (χ2n) is 3.30. The van der Waals surface area contributed by atoms with Crippen molar-refractivity contribution >= 4 is 29.1 Å². The van der Waals surface area contributed by atoms with Gasteiger partial charge in [0.25, 0.3) is 0 Å². The number of nitrogen functional groups attached to an aromatic ring is 1. The maximum atomic E-state index is 12.8. The summed E-state index contributed by atoms with van der Waals surface area (Å²) in [4.78, 5) is 8.86. The van der Waals surface area contributed by atoms with Crippen molar-refractivity contribution in [3.05, 3.63) is 47.3 Å². The largest absolute Gasteiger partial charge is 0.398 e. The van der Waals surface area contributed by atoms with Crippen molar-refractivity contribution in [3.63, 3.8) is 0 Å². The summed E-state index contributed by atoms with van der Waals surface area (Å²) >= 11 is 7.11. The van der Waals surface area contributed by atoms with E-state index in [2.05, 4.69) is 9.97 Å². The standard InChI is InChI=1S/C11H9ClFN3S/c12-11-5-15-8(4-16-11)6-17-10-2-1-7(13)3-9(10)14/h1-5H,6,14H2. The first-order chi connectivity index (χ1) is 8.15. The maximum absolute atomic E-state index is 12.8. The third-order valence-corrected chi connectivity index (χ3v) is 3.34. The minimum absolute atomic E-state index is 0.335. The summed E-state index contributed by atoms with van der Waals surface area (Å²) in [5.74, 6) is 0.276. The van der Waals surface area contributed by atoms with Crippen molar-refractivity contribution in [3.8, 4) is 0 Å². The van der Waals surface area contributed by atoms with Crippen LogP contribution >= 0.6 is 23.4 Å². The summed E-state index contributed by atoms with van der Waals surface area (Å²) < 4.78 is 12.8. The number of halogens is 2. The van der Waals surface area contributed by atoms with E-state index >= 15 is 0 Å². The fraction of sp³-hybridized carbons (Fsp3) is 0.0909. The molecule has 2 aromatic rings. The van der Waals surface area contributed by atoms with Crippen LogP contribution in [0.25, 0.3) is 0 Å². The Balaban J connectivity index is 2.04. The van der Waals surface area contributed by atoms with E-state index < -0.39 is 0 Å². The molecule has 3 nitrogen and oxygen atoms in total. The van der Waals surface area contributed by atoms with Gasteiger partial charge in [-0.3, -0.25) is 4.98 Å². The minimum atomic E-state index is -0.335. The van der Waals surface area contributed by atoms with Gasteiger partial charge in [0.1, 0.15) is 11.0 Å². The summed E-state index contributed by atoms with van der Waals surface area (Å²) in [6.07, 6.45) is 3.10. The highest BCUT2D eigenvalue weighted by molar-refractivity contribution is 7.98. The number of nitrogens with zero attached hydrogens (tertiary/aromatic N) is 2. The number of rotatable bonds is 3. The summed E-state index contributed by atoms with van der Waals surface area (Å²) in [6, 6.07) is 4.33. The Bertz CT molecular complexity index is 519. The van der Waals surface area contributed by atoms with Gasteiger partial charge in [-0.05, 0) is 18.2 Å². The number of hydrogen-bond donors (Lipinski definition) is 1. The Labute approximate surface area is 107 Å². The lowest BCUT2D eigenvalue weighted by molar-refractivity contribution is 0.627. The molecule has 6 heteroatoms. The lowest BCUT2D eigenvalue weighted by Crippen LogP contribution is -1.92. The number of hydrogen-bond acceptors (Lipinski definition) is 4. The summed E-state index contributed by atoms with van der Waals surface area (Å²) in [5, 5.41) is 0.361. The van der Waals surface area contributed by atoms with Crippen LogP contribution in [0.5, 0.6) is 0 Å². The van der Waals surface area contributed by atoms with Gasteiger partial charge in [-0.2, -0.15) is 0 Å². The van der Waals surface area contributed by atoms with Crippen LogP contribution in [-0.4, -0.2) is 9.97 Å². The van der Waals surface area contributed by atoms with E-state index in [1.807, 2.05) is 0 Å². The molecule has 17 heavy (non-hydrogen) atoms. The second kappa shape index (κ2) is 5.33. The molecule has 0 saturated carbocycles. The van der Waals surface area contributed by atoms with Crippen molar-refractivity contribution in [1.82, 2.24) is 9.97 Å².